The van der Waals surface area contributed by atoms with Crippen LogP contribution in [0.2, 0.25) is 0 Å². The third-order valence-electron chi connectivity index (χ3n) is 1.90. The minimum Gasteiger partial charge on any atom is -0.395 e. The molecule has 1 aromatic rings. The second-order valence-corrected chi connectivity index (χ2v) is 3.02. The normalized spacial score (nSPS) is 10.0. The Kier molecular flexibility index (Phi) is 4.73. The summed E-state index contributed by atoms with van der Waals surface area (Å²) in [6, 6.07) is 6.85. The van der Waals surface area contributed by atoms with Crippen LogP contribution in [0, 0.1) is 4.91 Å². The molecule has 5 nitrogen and oxygen atoms in total. The number of benzene rings is 1. The van der Waals surface area contributed by atoms with Gasteiger partial charge >= 0.3 is 0 Å². The molecule has 0 saturated heterocycles. The molecule has 0 spiro atoms. The fourth-order valence-corrected chi connectivity index (χ4v) is 1.17. The van der Waals surface area contributed by atoms with Crippen LogP contribution in [0.1, 0.15) is 0 Å². The van der Waals surface area contributed by atoms with Crippen LogP contribution in [0.25, 0.3) is 0 Å². The fourth-order valence-electron chi connectivity index (χ4n) is 1.17. The van der Waals surface area contributed by atoms with E-state index in [0.717, 1.165) is 10.4 Å². The molecule has 0 fully saturated rings. The van der Waals surface area contributed by atoms with Gasteiger partial charge in [0.15, 0.2) is 0 Å². The van der Waals surface area contributed by atoms with Crippen molar-refractivity contribution >= 4 is 11.4 Å². The Balaban J connectivity index is 2.59. The van der Waals surface area contributed by atoms with E-state index in [-0.39, 0.29) is 19.8 Å². The number of nitroso groups, excluding NO2 is 1. The Hall–Kier alpha value is -1.46. The molecule has 0 aromatic heterocycles. The summed E-state index contributed by atoms with van der Waals surface area (Å²) in [5.74, 6) is 0. The highest BCUT2D eigenvalue weighted by Gasteiger charge is 2.11. The summed E-state index contributed by atoms with van der Waals surface area (Å²) in [6.45, 7) is 0.467. The van der Waals surface area contributed by atoms with Crippen LogP contribution in [0.5, 0.6) is 0 Å². The predicted octanol–water partition coefficient (Wildman–Crippen LogP) is 0.493. The van der Waals surface area contributed by atoms with E-state index in [2.05, 4.69) is 5.32 Å². The maximum atomic E-state index is 11.3. The van der Waals surface area contributed by atoms with Crippen molar-refractivity contribution in [2.75, 3.05) is 31.6 Å². The van der Waals surface area contributed by atoms with Crippen molar-refractivity contribution < 1.29 is 15.0 Å². The van der Waals surface area contributed by atoms with Crippen molar-refractivity contribution in [2.24, 2.45) is 0 Å². The van der Waals surface area contributed by atoms with Gasteiger partial charge in [0.1, 0.15) is 6.61 Å². The Bertz CT molecular complexity index is 311. The molecule has 0 amide bonds. The van der Waals surface area contributed by atoms with E-state index in [1.807, 2.05) is 0 Å². The molecular weight excluding hydrogens is 196 g/mol. The topological polar surface area (TPSA) is 72.6 Å². The fraction of sp³-hybridized carbons (Fsp3) is 0.400. The molecule has 0 aliphatic heterocycles. The van der Waals surface area contributed by atoms with Gasteiger partial charge in [-0.2, -0.15) is 0 Å². The Morgan fingerprint density at radius 1 is 1.13 bits per heavy atom. The van der Waals surface area contributed by atoms with Gasteiger partial charge in [0.05, 0.1) is 6.61 Å². The van der Waals surface area contributed by atoms with Gasteiger partial charge in [-0.15, -0.1) is 0 Å². The first kappa shape index (κ1) is 11.6. The van der Waals surface area contributed by atoms with Crippen LogP contribution < -0.4 is 5.32 Å². The van der Waals surface area contributed by atoms with Gasteiger partial charge in [-0.1, -0.05) is 0 Å². The van der Waals surface area contributed by atoms with Crippen LogP contribution in [0.3, 0.4) is 0 Å². The lowest BCUT2D eigenvalue weighted by Crippen LogP contribution is -2.08. The molecule has 0 aliphatic carbocycles. The first-order valence-electron chi connectivity index (χ1n) is 4.78. The molecule has 1 aromatic carbocycles. The molecule has 0 radical (unpaired) electrons. The van der Waals surface area contributed by atoms with E-state index >= 15 is 0 Å². The first-order chi connectivity index (χ1) is 7.27. The number of hydrogen-bond acceptors (Lipinski definition) is 4. The molecule has 0 saturated carbocycles. The standard InChI is InChI=1S/C10H15N2O3/c13-7-5-11-9-1-3-10(4-2-9)12(15)6-8-14/h1-4,11,13-14H,5-8H2/q+1. The van der Waals surface area contributed by atoms with Crippen LogP contribution in [-0.4, -0.2) is 41.3 Å². The van der Waals surface area contributed by atoms with Gasteiger partial charge in [-0.25, -0.2) is 0 Å². The zero-order valence-corrected chi connectivity index (χ0v) is 8.39. The second kappa shape index (κ2) is 6.10. The van der Waals surface area contributed by atoms with Crippen molar-refractivity contribution in [3.8, 4) is 0 Å². The molecule has 0 bridgehead atoms. The van der Waals surface area contributed by atoms with Gasteiger partial charge in [0.25, 0.3) is 5.69 Å². The lowest BCUT2D eigenvalue weighted by atomic mass is 10.2. The molecule has 0 atom stereocenters. The molecule has 82 valence electrons. The summed E-state index contributed by atoms with van der Waals surface area (Å²) in [5, 5.41) is 20.2. The minimum atomic E-state index is -0.159. The van der Waals surface area contributed by atoms with Gasteiger partial charge in [-0.05, 0) is 12.1 Å². The summed E-state index contributed by atoms with van der Waals surface area (Å²) in [6.07, 6.45) is 0. The molecule has 0 aliphatic rings. The van der Waals surface area contributed by atoms with Crippen molar-refractivity contribution in [1.82, 2.24) is 0 Å². The lowest BCUT2D eigenvalue weighted by Gasteiger charge is -2.02. The maximum absolute atomic E-state index is 11.3. The van der Waals surface area contributed by atoms with Gasteiger partial charge in [0, 0.05) is 34.0 Å². The summed E-state index contributed by atoms with van der Waals surface area (Å²) >= 11 is 0. The predicted molar refractivity (Wildman–Crippen MR) is 57.3 cm³/mol. The van der Waals surface area contributed by atoms with E-state index < -0.39 is 0 Å². The number of rotatable bonds is 6. The Morgan fingerprint density at radius 2 is 1.80 bits per heavy atom. The Labute approximate surface area is 87.9 Å². The largest absolute Gasteiger partial charge is 0.395 e. The molecular formula is C10H15N2O3+. The molecule has 5 heteroatoms. The van der Waals surface area contributed by atoms with Gasteiger partial charge < -0.3 is 15.5 Å². The SMILES string of the molecule is O=[N+](CCO)c1ccc(NCCO)cc1. The summed E-state index contributed by atoms with van der Waals surface area (Å²) in [5.41, 5.74) is 1.36. The highest BCUT2D eigenvalue weighted by atomic mass is 16.3. The maximum Gasteiger partial charge on any atom is 0.256 e. The Morgan fingerprint density at radius 3 is 2.33 bits per heavy atom. The summed E-state index contributed by atoms with van der Waals surface area (Å²) in [4.78, 5) is 11.3. The molecule has 15 heavy (non-hydrogen) atoms. The second-order valence-electron chi connectivity index (χ2n) is 3.02. The van der Waals surface area contributed by atoms with Crippen molar-refractivity contribution in [3.63, 3.8) is 0 Å². The number of nitrogens with one attached hydrogen (secondary N) is 1. The van der Waals surface area contributed by atoms with Crippen molar-refractivity contribution in [3.05, 3.63) is 29.2 Å². The van der Waals surface area contributed by atoms with Crippen molar-refractivity contribution in [1.29, 1.82) is 0 Å². The van der Waals surface area contributed by atoms with E-state index in [1.54, 1.807) is 24.3 Å². The number of nitrogens with zero attached hydrogens (tertiary/aromatic N) is 1. The number of hydrogen-bond donors (Lipinski definition) is 3. The molecule has 0 unspecified atom stereocenters. The van der Waals surface area contributed by atoms with E-state index in [1.165, 1.54) is 0 Å². The van der Waals surface area contributed by atoms with Crippen LogP contribution in [0.15, 0.2) is 24.3 Å². The number of anilines is 1. The van der Waals surface area contributed by atoms with E-state index in [9.17, 15) is 4.91 Å². The van der Waals surface area contributed by atoms with Gasteiger partial charge in [0.2, 0.25) is 6.54 Å². The first-order valence-corrected chi connectivity index (χ1v) is 4.78. The molecule has 1 rings (SSSR count). The minimum absolute atomic E-state index is 0.0694. The van der Waals surface area contributed by atoms with Crippen LogP contribution in [-0.2, 0) is 0 Å². The van der Waals surface area contributed by atoms with Crippen LogP contribution in [0.4, 0.5) is 11.4 Å². The average Bonchev–Trinajstić information content (AvgIpc) is 2.27. The smallest absolute Gasteiger partial charge is 0.256 e. The number of aliphatic hydroxyl groups excluding tert-OH is 2. The van der Waals surface area contributed by atoms with E-state index in [4.69, 9.17) is 10.2 Å². The molecule has 0 heterocycles. The highest BCUT2D eigenvalue weighted by molar-refractivity contribution is 5.48. The average molecular weight is 211 g/mol. The van der Waals surface area contributed by atoms with Crippen LogP contribution >= 0.6 is 0 Å². The monoisotopic (exact) mass is 211 g/mol. The third kappa shape index (κ3) is 3.65. The highest BCUT2D eigenvalue weighted by Crippen LogP contribution is 2.15. The molecule has 3 N–H and O–H groups in total. The summed E-state index contributed by atoms with van der Waals surface area (Å²) in [7, 11) is 0. The quantitative estimate of drug-likeness (QED) is 0.599. The van der Waals surface area contributed by atoms with Crippen molar-refractivity contribution in [2.45, 2.75) is 0 Å². The summed E-state index contributed by atoms with van der Waals surface area (Å²) < 4.78 is 0.732. The number of aliphatic hydroxyl groups is 2. The van der Waals surface area contributed by atoms with E-state index in [0.29, 0.717) is 12.2 Å². The van der Waals surface area contributed by atoms with Gasteiger partial charge in [-0.3, -0.25) is 0 Å². The lowest BCUT2D eigenvalue weighted by molar-refractivity contribution is -0.466. The zero-order valence-electron chi connectivity index (χ0n) is 8.39. The third-order valence-corrected chi connectivity index (χ3v) is 1.90. The zero-order chi connectivity index (χ0) is 11.1.